The number of carbonyl (C=O) groups excluding carboxylic acids is 6. The van der Waals surface area contributed by atoms with E-state index in [9.17, 15) is 45.6 Å². The summed E-state index contributed by atoms with van der Waals surface area (Å²) in [4.78, 5) is 84.9. The average molecular weight is 880 g/mol. The van der Waals surface area contributed by atoms with Crippen LogP contribution in [0.2, 0.25) is 0 Å². The van der Waals surface area contributed by atoms with Crippen LogP contribution in [0, 0.1) is 11.8 Å². The molecule has 4 heterocycles. The number of nitrogens with one attached hydrogen (secondary N) is 5. The zero-order valence-electron chi connectivity index (χ0n) is 35.4. The second kappa shape index (κ2) is 19.4. The molecule has 4 aliphatic heterocycles. The number of hydrogen-bond donors (Lipinski definition) is 5. The molecule has 5 rings (SSSR count). The lowest BCUT2D eigenvalue weighted by molar-refractivity contribution is -0.139. The summed E-state index contributed by atoms with van der Waals surface area (Å²) in [6.07, 6.45) is 3.68. The number of likely N-dealkylation sites (tertiary alicyclic amines) is 2. The third kappa shape index (κ3) is 10.4. The van der Waals surface area contributed by atoms with Crippen molar-refractivity contribution in [1.82, 2.24) is 39.7 Å². The number of ketones is 1. The summed E-state index contributed by atoms with van der Waals surface area (Å²) in [5, 5.41) is 14.3. The minimum Gasteiger partial charge on any atom is -0.343 e. The number of rotatable bonds is 18. The van der Waals surface area contributed by atoms with Crippen LogP contribution in [0.4, 0.5) is 5.69 Å². The number of hydrogen-bond acceptors (Lipinski definition) is 12. The maximum atomic E-state index is 14.6. The highest BCUT2D eigenvalue weighted by Gasteiger charge is 2.57. The van der Waals surface area contributed by atoms with Gasteiger partial charge >= 0.3 is 0 Å². The number of para-hydroxylation sites is 1. The molecule has 0 spiro atoms. The third-order valence-corrected chi connectivity index (χ3v) is 15.1. The van der Waals surface area contributed by atoms with Crippen molar-refractivity contribution in [3.63, 3.8) is 0 Å². The molecule has 0 radical (unpaired) electrons. The Kier molecular flexibility index (Phi) is 15.2. The van der Waals surface area contributed by atoms with E-state index in [1.54, 1.807) is 58.3 Å². The second-order valence-electron chi connectivity index (χ2n) is 16.5. The summed E-state index contributed by atoms with van der Waals surface area (Å²) < 4.78 is 53.8. The lowest BCUT2D eigenvalue weighted by Gasteiger charge is -2.32. The summed E-state index contributed by atoms with van der Waals surface area (Å²) in [7, 11) is -4.21. The molecule has 5 amide bonds. The zero-order chi connectivity index (χ0) is 44.3. The van der Waals surface area contributed by atoms with Gasteiger partial charge in [-0.05, 0) is 72.7 Å². The number of benzene rings is 1. The van der Waals surface area contributed by atoms with Crippen LogP contribution in [0.5, 0.6) is 0 Å². The summed E-state index contributed by atoms with van der Waals surface area (Å²) in [6.45, 7) is 4.87. The van der Waals surface area contributed by atoms with Gasteiger partial charge in [0.05, 0.1) is 48.5 Å². The normalized spacial score (nSPS) is 26.4. The van der Waals surface area contributed by atoms with E-state index >= 15 is 0 Å². The van der Waals surface area contributed by atoms with Gasteiger partial charge in [0.1, 0.15) is 17.9 Å². The summed E-state index contributed by atoms with van der Waals surface area (Å²) in [5.74, 6) is -4.07. The minimum absolute atomic E-state index is 0.0300. The van der Waals surface area contributed by atoms with Gasteiger partial charge in [0.25, 0.3) is 0 Å². The van der Waals surface area contributed by atoms with Gasteiger partial charge in [-0.2, -0.15) is 8.61 Å². The van der Waals surface area contributed by atoms with E-state index in [0.717, 1.165) is 12.5 Å². The summed E-state index contributed by atoms with van der Waals surface area (Å²) in [6, 6.07) is 2.62. The fraction of sp³-hybridized carbons (Fsp3) is 0.692. The molecule has 4 fully saturated rings. The van der Waals surface area contributed by atoms with E-state index in [4.69, 9.17) is 0 Å². The Balaban J connectivity index is 1.35. The van der Waals surface area contributed by atoms with Crippen LogP contribution < -0.4 is 26.6 Å². The SMILES string of the molecule is CN[C@@H](C)C(=O)NC(CCCC[C@H](NC(=O)[C@H](C)NC)C(=O)N1CC[C@@H]2[C@H]1[C@@H](C(C)=O)CN2S(C)(=O)=O)C(=O)N1CC[C@@H]2[C@H]1[C@@H](C(=O)Nc1ccccc1)CN2S(C)(=O)=O. The van der Waals surface area contributed by atoms with Crippen molar-refractivity contribution < 1.29 is 45.6 Å². The number of anilines is 1. The van der Waals surface area contributed by atoms with E-state index in [0.29, 0.717) is 31.4 Å². The zero-order valence-corrected chi connectivity index (χ0v) is 37.1. The number of carbonyl (C=O) groups is 6. The predicted molar refractivity (Wildman–Crippen MR) is 223 cm³/mol. The quantitative estimate of drug-likeness (QED) is 0.108. The van der Waals surface area contributed by atoms with Crippen molar-refractivity contribution in [3.05, 3.63) is 30.3 Å². The molecule has 19 nitrogen and oxygen atoms in total. The second-order valence-corrected chi connectivity index (χ2v) is 20.4. The smallest absolute Gasteiger partial charge is 0.245 e. The third-order valence-electron chi connectivity index (χ3n) is 12.6. The van der Waals surface area contributed by atoms with Gasteiger partial charge in [-0.3, -0.25) is 28.8 Å². The van der Waals surface area contributed by atoms with Gasteiger partial charge in [0.15, 0.2) is 0 Å². The topological polar surface area (TPSA) is 244 Å². The Bertz CT molecular complexity index is 2010. The van der Waals surface area contributed by atoms with Crippen LogP contribution in [-0.4, -0.2) is 172 Å². The van der Waals surface area contributed by atoms with Crippen LogP contribution in [0.15, 0.2) is 30.3 Å². The summed E-state index contributed by atoms with van der Waals surface area (Å²) >= 11 is 0. The first-order chi connectivity index (χ1) is 28.2. The van der Waals surface area contributed by atoms with Crippen molar-refractivity contribution in [1.29, 1.82) is 0 Å². The van der Waals surface area contributed by atoms with Crippen LogP contribution in [0.25, 0.3) is 0 Å². The van der Waals surface area contributed by atoms with E-state index in [2.05, 4.69) is 26.6 Å². The van der Waals surface area contributed by atoms with Crippen molar-refractivity contribution in [2.45, 2.75) is 108 Å². The van der Waals surface area contributed by atoms with Crippen molar-refractivity contribution in [2.24, 2.45) is 11.8 Å². The van der Waals surface area contributed by atoms with Crippen LogP contribution in [-0.2, 0) is 48.8 Å². The number of nitrogens with zero attached hydrogens (tertiary/aromatic N) is 4. The fourth-order valence-corrected chi connectivity index (χ4v) is 11.5. The van der Waals surface area contributed by atoms with E-state index in [1.165, 1.54) is 25.3 Å². The van der Waals surface area contributed by atoms with Crippen molar-refractivity contribution >= 4 is 61.1 Å². The Morgan fingerprint density at radius 3 is 1.50 bits per heavy atom. The number of fused-ring (bicyclic) bond motifs is 2. The van der Waals surface area contributed by atoms with E-state index in [-0.39, 0.29) is 44.8 Å². The molecule has 334 valence electrons. The number of unbranched alkanes of at least 4 members (excludes halogenated alkanes) is 1. The largest absolute Gasteiger partial charge is 0.343 e. The Morgan fingerprint density at radius 1 is 0.683 bits per heavy atom. The standard InChI is InChI=1S/C39H61N9O10S2/c1-23(40-4)35(50)43-29(38(53)45-19-17-31-33(45)27(25(3)49)21-47(31)59(6,55)56)15-11-12-16-30(44-36(51)24(2)41-5)39(54)46-20-18-32-34(46)28(22-48(32)60(7,57)58)37(52)42-26-13-9-8-10-14-26/h8-10,13-14,23-24,27-34,40-41H,11-12,15-22H2,1-7H3,(H,42,52)(H,43,50)(H,44,51)/t23-,24-,27+,28-,29-,30?,31+,32+,33+,34+/m0/s1. The van der Waals surface area contributed by atoms with Gasteiger partial charge in [0.2, 0.25) is 49.6 Å². The first-order valence-corrected chi connectivity index (χ1v) is 24.2. The molecule has 5 N–H and O–H groups in total. The van der Waals surface area contributed by atoms with Crippen LogP contribution in [0.1, 0.15) is 59.3 Å². The summed E-state index contributed by atoms with van der Waals surface area (Å²) in [5.41, 5.74) is 0.523. The highest BCUT2D eigenvalue weighted by molar-refractivity contribution is 7.88. The van der Waals surface area contributed by atoms with Gasteiger partial charge in [-0.15, -0.1) is 0 Å². The Hall–Kier alpha value is -4.02. The van der Waals surface area contributed by atoms with E-state index < -0.39 is 110 Å². The maximum absolute atomic E-state index is 14.6. The van der Waals surface area contributed by atoms with Gasteiger partial charge in [0, 0.05) is 44.0 Å². The molecule has 4 aliphatic rings. The maximum Gasteiger partial charge on any atom is 0.245 e. The fourth-order valence-electron chi connectivity index (χ4n) is 9.18. The molecule has 4 saturated heterocycles. The molecule has 1 unspecified atom stereocenters. The molecule has 10 atom stereocenters. The van der Waals surface area contributed by atoms with Gasteiger partial charge < -0.3 is 36.4 Å². The minimum atomic E-state index is -3.75. The number of likely N-dealkylation sites (N-methyl/N-ethyl adjacent to an activating group) is 2. The molecule has 0 saturated carbocycles. The van der Waals surface area contributed by atoms with Gasteiger partial charge in [-0.25, -0.2) is 16.8 Å². The lowest BCUT2D eigenvalue weighted by Crippen LogP contribution is -2.55. The Labute approximate surface area is 353 Å². The molecule has 0 bridgehead atoms. The van der Waals surface area contributed by atoms with Crippen molar-refractivity contribution in [3.8, 4) is 0 Å². The average Bonchev–Trinajstić information content (AvgIpc) is 3.98. The molecule has 21 heteroatoms. The highest BCUT2D eigenvalue weighted by atomic mass is 32.2. The first kappa shape index (κ1) is 47.0. The lowest BCUT2D eigenvalue weighted by atomic mass is 9.95. The first-order valence-electron chi connectivity index (χ1n) is 20.6. The number of sulfonamides is 2. The highest BCUT2D eigenvalue weighted by Crippen LogP contribution is 2.39. The molecular formula is C39H61N9O10S2. The number of Topliss-reactive ketones (excluding diaryl/α,β-unsaturated/α-hetero) is 1. The molecule has 0 aliphatic carbocycles. The number of amides is 5. The molecule has 0 aromatic heterocycles. The van der Waals surface area contributed by atoms with Crippen molar-refractivity contribution in [2.75, 3.05) is 58.1 Å². The molecular weight excluding hydrogens is 819 g/mol. The monoisotopic (exact) mass is 879 g/mol. The molecule has 1 aromatic carbocycles. The van der Waals surface area contributed by atoms with Crippen LogP contribution in [0.3, 0.4) is 0 Å². The molecule has 1 aromatic rings. The Morgan fingerprint density at radius 2 is 1.10 bits per heavy atom. The predicted octanol–water partition coefficient (Wildman–Crippen LogP) is -1.32. The van der Waals surface area contributed by atoms with Crippen LogP contribution >= 0.6 is 0 Å². The van der Waals surface area contributed by atoms with Gasteiger partial charge in [-0.1, -0.05) is 31.0 Å². The molecule has 60 heavy (non-hydrogen) atoms. The van der Waals surface area contributed by atoms with E-state index in [1.807, 2.05) is 0 Å².